The Hall–Kier alpha value is -1.97. The summed E-state index contributed by atoms with van der Waals surface area (Å²) in [6.07, 6.45) is 2.83. The lowest BCUT2D eigenvalue weighted by molar-refractivity contribution is 0.321. The van der Waals surface area contributed by atoms with Crippen LogP contribution in [0, 0.1) is 6.92 Å². The van der Waals surface area contributed by atoms with E-state index < -0.39 is 0 Å². The van der Waals surface area contributed by atoms with Crippen molar-refractivity contribution in [2.45, 2.75) is 6.92 Å². The summed E-state index contributed by atoms with van der Waals surface area (Å²) < 4.78 is 0. The first kappa shape index (κ1) is 8.62. The molecule has 0 saturated carbocycles. The first-order chi connectivity index (χ1) is 6.79. The molecule has 0 fully saturated rings. The van der Waals surface area contributed by atoms with Crippen LogP contribution in [0.2, 0.25) is 0 Å². The van der Waals surface area contributed by atoms with Crippen LogP contribution >= 0.6 is 0 Å². The van der Waals surface area contributed by atoms with E-state index in [-0.39, 0.29) is 0 Å². The summed E-state index contributed by atoms with van der Waals surface area (Å²) >= 11 is 0. The summed E-state index contributed by atoms with van der Waals surface area (Å²) in [4.78, 5) is 8.43. The molecule has 0 aliphatic carbocycles. The van der Waals surface area contributed by atoms with Crippen LogP contribution in [0.1, 0.15) is 11.3 Å². The van der Waals surface area contributed by atoms with E-state index in [1.54, 1.807) is 6.20 Å². The fraction of sp³-hybridized carbons (Fsp3) is 0.100. The minimum atomic E-state index is 0.545. The lowest BCUT2D eigenvalue weighted by Gasteiger charge is -1.98. The molecule has 4 nitrogen and oxygen atoms in total. The Labute approximate surface area is 80.9 Å². The van der Waals surface area contributed by atoms with Gasteiger partial charge in [0, 0.05) is 0 Å². The molecule has 0 atom stereocenters. The van der Waals surface area contributed by atoms with Crippen LogP contribution in [0.15, 0.2) is 29.6 Å². The quantitative estimate of drug-likeness (QED) is 0.420. The zero-order chi connectivity index (χ0) is 9.97. The first-order valence-corrected chi connectivity index (χ1v) is 4.20. The van der Waals surface area contributed by atoms with E-state index in [2.05, 4.69) is 15.1 Å². The number of aryl methyl sites for hydroxylation is 1. The summed E-state index contributed by atoms with van der Waals surface area (Å²) in [6, 6.07) is 5.82. The van der Waals surface area contributed by atoms with Gasteiger partial charge >= 0.3 is 0 Å². The summed E-state index contributed by atoms with van der Waals surface area (Å²) in [7, 11) is 0. The molecule has 70 valence electrons. The second-order valence-electron chi connectivity index (χ2n) is 3.03. The molecule has 14 heavy (non-hydrogen) atoms. The topological polar surface area (TPSA) is 58.4 Å². The molecular formula is C10H9N3O. The van der Waals surface area contributed by atoms with E-state index in [0.29, 0.717) is 5.69 Å². The van der Waals surface area contributed by atoms with Gasteiger partial charge in [0.2, 0.25) is 0 Å². The maximum absolute atomic E-state index is 8.34. The van der Waals surface area contributed by atoms with E-state index in [0.717, 1.165) is 16.6 Å². The van der Waals surface area contributed by atoms with Crippen LogP contribution in [-0.2, 0) is 0 Å². The van der Waals surface area contributed by atoms with Gasteiger partial charge in [-0.3, -0.25) is 4.98 Å². The van der Waals surface area contributed by atoms with E-state index in [1.165, 1.54) is 6.21 Å². The number of benzene rings is 1. The van der Waals surface area contributed by atoms with Gasteiger partial charge in [0.15, 0.2) is 0 Å². The molecule has 1 aromatic heterocycles. The highest BCUT2D eigenvalue weighted by Gasteiger charge is 1.97. The standard InChI is InChI=1S/C10H9N3O/c1-7-2-3-9-10(4-7)11-5-8(13-9)6-12-14/h2-6,14H,1H3. The van der Waals surface area contributed by atoms with Crippen LogP contribution < -0.4 is 0 Å². The van der Waals surface area contributed by atoms with Crippen molar-refractivity contribution in [3.05, 3.63) is 35.7 Å². The molecule has 2 rings (SSSR count). The summed E-state index contributed by atoms with van der Waals surface area (Å²) in [6.45, 7) is 2.00. The molecule has 0 radical (unpaired) electrons. The molecular weight excluding hydrogens is 178 g/mol. The van der Waals surface area contributed by atoms with E-state index in [1.807, 2.05) is 25.1 Å². The van der Waals surface area contributed by atoms with Gasteiger partial charge in [-0.1, -0.05) is 11.2 Å². The second kappa shape index (κ2) is 3.41. The van der Waals surface area contributed by atoms with Crippen LogP contribution in [0.5, 0.6) is 0 Å². The van der Waals surface area contributed by atoms with Gasteiger partial charge in [-0.25, -0.2) is 4.98 Å². The molecule has 4 heteroatoms. The van der Waals surface area contributed by atoms with Gasteiger partial charge < -0.3 is 5.21 Å². The minimum Gasteiger partial charge on any atom is -0.411 e. The lowest BCUT2D eigenvalue weighted by atomic mass is 10.2. The third kappa shape index (κ3) is 1.54. The Morgan fingerprint density at radius 1 is 1.36 bits per heavy atom. The average Bonchev–Trinajstić information content (AvgIpc) is 2.19. The molecule has 1 aromatic carbocycles. The maximum atomic E-state index is 8.34. The largest absolute Gasteiger partial charge is 0.411 e. The first-order valence-electron chi connectivity index (χ1n) is 4.20. The highest BCUT2D eigenvalue weighted by molar-refractivity contribution is 5.81. The Kier molecular flexibility index (Phi) is 2.10. The smallest absolute Gasteiger partial charge is 0.104 e. The van der Waals surface area contributed by atoms with E-state index in [9.17, 15) is 0 Å². The van der Waals surface area contributed by atoms with Gasteiger partial charge in [0.1, 0.15) is 5.69 Å². The van der Waals surface area contributed by atoms with E-state index in [4.69, 9.17) is 5.21 Å². The highest BCUT2D eigenvalue weighted by atomic mass is 16.4. The molecule has 0 unspecified atom stereocenters. The number of nitrogens with zero attached hydrogens (tertiary/aromatic N) is 3. The minimum absolute atomic E-state index is 0.545. The number of rotatable bonds is 1. The van der Waals surface area contributed by atoms with Crippen LogP contribution in [0.25, 0.3) is 11.0 Å². The zero-order valence-electron chi connectivity index (χ0n) is 7.68. The fourth-order valence-corrected chi connectivity index (χ4v) is 1.26. The number of oxime groups is 1. The van der Waals surface area contributed by atoms with Crippen molar-refractivity contribution in [2.75, 3.05) is 0 Å². The van der Waals surface area contributed by atoms with Crippen molar-refractivity contribution in [3.63, 3.8) is 0 Å². The predicted molar refractivity (Wildman–Crippen MR) is 53.7 cm³/mol. The fourth-order valence-electron chi connectivity index (χ4n) is 1.26. The molecule has 0 aliphatic rings. The van der Waals surface area contributed by atoms with E-state index >= 15 is 0 Å². The molecule has 1 N–H and O–H groups in total. The predicted octanol–water partition coefficient (Wildman–Crippen LogP) is 1.75. The third-order valence-corrected chi connectivity index (χ3v) is 1.91. The number of fused-ring (bicyclic) bond motifs is 1. The molecule has 0 spiro atoms. The van der Waals surface area contributed by atoms with Crippen molar-refractivity contribution in [1.29, 1.82) is 0 Å². The molecule has 0 amide bonds. The van der Waals surface area contributed by atoms with Crippen molar-refractivity contribution < 1.29 is 5.21 Å². The number of hydrogen-bond donors (Lipinski definition) is 1. The second-order valence-corrected chi connectivity index (χ2v) is 3.03. The summed E-state index contributed by atoms with van der Waals surface area (Å²) in [5, 5.41) is 11.2. The van der Waals surface area contributed by atoms with Crippen LogP contribution in [0.3, 0.4) is 0 Å². The summed E-state index contributed by atoms with van der Waals surface area (Å²) in [5.74, 6) is 0. The van der Waals surface area contributed by atoms with Gasteiger partial charge in [-0.15, -0.1) is 0 Å². The maximum Gasteiger partial charge on any atom is 0.104 e. The normalized spacial score (nSPS) is 11.2. The van der Waals surface area contributed by atoms with Gasteiger partial charge in [0.25, 0.3) is 0 Å². The molecule has 1 heterocycles. The van der Waals surface area contributed by atoms with Gasteiger partial charge in [0.05, 0.1) is 23.4 Å². The molecule has 2 aromatic rings. The highest BCUT2D eigenvalue weighted by Crippen LogP contribution is 2.10. The molecule has 0 aliphatic heterocycles. The van der Waals surface area contributed by atoms with Crippen LogP contribution in [0.4, 0.5) is 0 Å². The molecule has 0 saturated heterocycles. The Morgan fingerprint density at radius 2 is 2.21 bits per heavy atom. The van der Waals surface area contributed by atoms with Crippen LogP contribution in [-0.4, -0.2) is 21.4 Å². The number of hydrogen-bond acceptors (Lipinski definition) is 4. The Balaban J connectivity index is 2.61. The van der Waals surface area contributed by atoms with Gasteiger partial charge in [-0.05, 0) is 24.6 Å². The van der Waals surface area contributed by atoms with Crippen molar-refractivity contribution in [2.24, 2.45) is 5.16 Å². The lowest BCUT2D eigenvalue weighted by Crippen LogP contribution is -1.91. The number of aromatic nitrogens is 2. The van der Waals surface area contributed by atoms with Crippen molar-refractivity contribution in [1.82, 2.24) is 9.97 Å². The van der Waals surface area contributed by atoms with Crippen molar-refractivity contribution >= 4 is 17.2 Å². The Bertz CT molecular complexity index is 494. The monoisotopic (exact) mass is 187 g/mol. The summed E-state index contributed by atoms with van der Waals surface area (Å²) in [5.41, 5.74) is 3.34. The third-order valence-electron chi connectivity index (χ3n) is 1.91. The van der Waals surface area contributed by atoms with Crippen molar-refractivity contribution in [3.8, 4) is 0 Å². The SMILES string of the molecule is Cc1ccc2nc(C=NO)cnc2c1. The zero-order valence-corrected chi connectivity index (χ0v) is 7.68. The average molecular weight is 187 g/mol. The molecule has 0 bridgehead atoms. The van der Waals surface area contributed by atoms with Gasteiger partial charge in [-0.2, -0.15) is 0 Å². The Morgan fingerprint density at radius 3 is 3.00 bits per heavy atom.